The number of alkyl halides is 3. The normalized spacial score (nSPS) is 14.4. The number of benzene rings is 1. The molecule has 23 heavy (non-hydrogen) atoms. The van der Waals surface area contributed by atoms with E-state index in [2.05, 4.69) is 15.6 Å². The van der Waals surface area contributed by atoms with Crippen LogP contribution in [0.5, 0.6) is 0 Å². The molecule has 1 aromatic carbocycles. The summed E-state index contributed by atoms with van der Waals surface area (Å²) in [5.41, 5.74) is -0.324. The summed E-state index contributed by atoms with van der Waals surface area (Å²) in [6.45, 7) is 0. The van der Waals surface area contributed by atoms with E-state index in [9.17, 15) is 18.0 Å². The summed E-state index contributed by atoms with van der Waals surface area (Å²) in [6.07, 6.45) is -0.814. The Kier molecular flexibility index (Phi) is 3.94. The lowest BCUT2D eigenvalue weighted by Crippen LogP contribution is -2.17. The molecule has 0 atom stereocenters. The first-order valence-electron chi connectivity index (χ1n) is 7.13. The number of anilines is 2. The van der Waals surface area contributed by atoms with Crippen molar-refractivity contribution in [2.24, 2.45) is 0 Å². The minimum Gasteiger partial charge on any atom is -0.381 e. The van der Waals surface area contributed by atoms with Gasteiger partial charge in [-0.2, -0.15) is 13.2 Å². The smallest absolute Gasteiger partial charge is 0.381 e. The fraction of sp³-hybridized carbons (Fsp3) is 0.250. The van der Waals surface area contributed by atoms with Crippen molar-refractivity contribution in [3.63, 3.8) is 0 Å². The van der Waals surface area contributed by atoms with Gasteiger partial charge in [-0.3, -0.25) is 4.79 Å². The molecule has 120 valence electrons. The molecule has 1 aliphatic carbocycles. The number of hydrogen-bond donors (Lipinski definition) is 2. The van der Waals surface area contributed by atoms with E-state index in [0.717, 1.165) is 24.6 Å². The molecule has 0 saturated heterocycles. The number of nitrogens with zero attached hydrogens (tertiary/aromatic N) is 1. The van der Waals surface area contributed by atoms with Gasteiger partial charge in [-0.25, -0.2) is 4.98 Å². The Bertz CT molecular complexity index is 709. The summed E-state index contributed by atoms with van der Waals surface area (Å²) in [5, 5.41) is 5.48. The highest BCUT2D eigenvalue weighted by Crippen LogP contribution is 2.34. The first-order valence-corrected chi connectivity index (χ1v) is 7.13. The van der Waals surface area contributed by atoms with Crippen LogP contribution in [0.3, 0.4) is 0 Å². The second kappa shape index (κ2) is 5.91. The summed E-state index contributed by atoms with van der Waals surface area (Å²) < 4.78 is 38.7. The molecular weight excluding hydrogens is 307 g/mol. The van der Waals surface area contributed by atoms with Crippen molar-refractivity contribution < 1.29 is 18.0 Å². The maximum Gasteiger partial charge on any atom is 0.418 e. The Morgan fingerprint density at radius 3 is 2.48 bits per heavy atom. The molecular formula is C16H14F3N3O. The molecule has 4 nitrogen and oxygen atoms in total. The van der Waals surface area contributed by atoms with Crippen LogP contribution in [0.2, 0.25) is 0 Å². The fourth-order valence-electron chi connectivity index (χ4n) is 2.10. The van der Waals surface area contributed by atoms with Gasteiger partial charge in [-0.05, 0) is 37.1 Å². The molecule has 1 saturated carbocycles. The quantitative estimate of drug-likeness (QED) is 0.897. The number of nitrogens with one attached hydrogen (secondary N) is 2. The zero-order valence-electron chi connectivity index (χ0n) is 12.0. The standard InChI is InChI=1S/C16H14F3N3O/c17-16(18,19)12-3-1-2-4-13(12)22-15(23)14-8-7-11(9-20-14)21-10-5-6-10/h1-4,7-10,21H,5-6H2,(H,22,23). The van der Waals surface area contributed by atoms with Crippen molar-refractivity contribution >= 4 is 17.3 Å². The van der Waals surface area contributed by atoms with Gasteiger partial charge in [0.15, 0.2) is 0 Å². The van der Waals surface area contributed by atoms with Gasteiger partial charge in [-0.1, -0.05) is 12.1 Å². The zero-order chi connectivity index (χ0) is 16.4. The van der Waals surface area contributed by atoms with Crippen molar-refractivity contribution in [3.05, 3.63) is 53.9 Å². The van der Waals surface area contributed by atoms with Gasteiger partial charge in [0, 0.05) is 6.04 Å². The lowest BCUT2D eigenvalue weighted by Gasteiger charge is -2.13. The second-order valence-corrected chi connectivity index (χ2v) is 5.35. The number of amides is 1. The van der Waals surface area contributed by atoms with E-state index in [4.69, 9.17) is 0 Å². The van der Waals surface area contributed by atoms with E-state index in [1.807, 2.05) is 0 Å². The molecule has 1 amide bonds. The van der Waals surface area contributed by atoms with Crippen molar-refractivity contribution in [3.8, 4) is 0 Å². The van der Waals surface area contributed by atoms with Gasteiger partial charge in [0.25, 0.3) is 5.91 Å². The van der Waals surface area contributed by atoms with E-state index in [0.29, 0.717) is 6.04 Å². The SMILES string of the molecule is O=C(Nc1ccccc1C(F)(F)F)c1ccc(NC2CC2)cn1. The summed E-state index contributed by atoms with van der Waals surface area (Å²) in [7, 11) is 0. The Morgan fingerprint density at radius 2 is 1.87 bits per heavy atom. The highest BCUT2D eigenvalue weighted by Gasteiger charge is 2.33. The summed E-state index contributed by atoms with van der Waals surface area (Å²) in [5.74, 6) is -0.681. The number of rotatable bonds is 4. The topological polar surface area (TPSA) is 54.0 Å². The van der Waals surface area contributed by atoms with Crippen LogP contribution in [0.1, 0.15) is 28.9 Å². The van der Waals surface area contributed by atoms with E-state index in [-0.39, 0.29) is 11.4 Å². The zero-order valence-corrected chi connectivity index (χ0v) is 12.0. The largest absolute Gasteiger partial charge is 0.418 e. The van der Waals surface area contributed by atoms with Gasteiger partial charge in [0.2, 0.25) is 0 Å². The van der Waals surface area contributed by atoms with Crippen LogP contribution in [-0.4, -0.2) is 16.9 Å². The van der Waals surface area contributed by atoms with Crippen LogP contribution in [0.15, 0.2) is 42.6 Å². The third-order valence-electron chi connectivity index (χ3n) is 3.42. The highest BCUT2D eigenvalue weighted by atomic mass is 19.4. The highest BCUT2D eigenvalue weighted by molar-refractivity contribution is 6.03. The summed E-state index contributed by atoms with van der Waals surface area (Å²) >= 11 is 0. The van der Waals surface area contributed by atoms with Crippen LogP contribution < -0.4 is 10.6 Å². The van der Waals surface area contributed by atoms with E-state index in [1.54, 1.807) is 6.07 Å². The molecule has 7 heteroatoms. The number of carbonyl (C=O) groups is 1. The molecule has 2 aromatic rings. The summed E-state index contributed by atoms with van der Waals surface area (Å²) in [4.78, 5) is 16.1. The predicted octanol–water partition coefficient (Wildman–Crippen LogP) is 3.93. The lowest BCUT2D eigenvalue weighted by atomic mass is 10.1. The molecule has 2 N–H and O–H groups in total. The Hall–Kier alpha value is -2.57. The van der Waals surface area contributed by atoms with Crippen molar-refractivity contribution in [2.75, 3.05) is 10.6 Å². The van der Waals surface area contributed by atoms with E-state index >= 15 is 0 Å². The molecule has 0 unspecified atom stereocenters. The van der Waals surface area contributed by atoms with E-state index in [1.165, 1.54) is 30.5 Å². The van der Waals surface area contributed by atoms with Gasteiger partial charge in [0.1, 0.15) is 5.69 Å². The van der Waals surface area contributed by atoms with Crippen molar-refractivity contribution in [2.45, 2.75) is 25.1 Å². The van der Waals surface area contributed by atoms with Crippen LogP contribution in [-0.2, 0) is 6.18 Å². The molecule has 0 aliphatic heterocycles. The fourth-order valence-corrected chi connectivity index (χ4v) is 2.10. The van der Waals surface area contributed by atoms with Crippen LogP contribution in [0.25, 0.3) is 0 Å². The van der Waals surface area contributed by atoms with E-state index < -0.39 is 17.6 Å². The minimum atomic E-state index is -4.53. The Morgan fingerprint density at radius 1 is 1.13 bits per heavy atom. The number of carbonyl (C=O) groups excluding carboxylic acids is 1. The average molecular weight is 321 g/mol. The third-order valence-corrected chi connectivity index (χ3v) is 3.42. The van der Waals surface area contributed by atoms with Crippen molar-refractivity contribution in [1.82, 2.24) is 4.98 Å². The molecule has 0 bridgehead atoms. The average Bonchev–Trinajstić information content (AvgIpc) is 3.31. The van der Waals surface area contributed by atoms with Gasteiger partial charge < -0.3 is 10.6 Å². The van der Waals surface area contributed by atoms with Gasteiger partial charge >= 0.3 is 6.18 Å². The van der Waals surface area contributed by atoms with Gasteiger partial charge in [-0.15, -0.1) is 0 Å². The molecule has 1 fully saturated rings. The maximum absolute atomic E-state index is 12.9. The Balaban J connectivity index is 1.74. The monoisotopic (exact) mass is 321 g/mol. The van der Waals surface area contributed by atoms with Crippen LogP contribution >= 0.6 is 0 Å². The molecule has 1 aliphatic rings. The molecule has 1 heterocycles. The van der Waals surface area contributed by atoms with Gasteiger partial charge in [0.05, 0.1) is 23.1 Å². The number of hydrogen-bond acceptors (Lipinski definition) is 3. The Labute approximate surface area is 130 Å². The van der Waals surface area contributed by atoms with Crippen LogP contribution in [0.4, 0.5) is 24.5 Å². The van der Waals surface area contributed by atoms with Crippen LogP contribution in [0, 0.1) is 0 Å². The molecule has 3 rings (SSSR count). The number of para-hydroxylation sites is 1. The number of pyridine rings is 1. The minimum absolute atomic E-state index is 0.0586. The third kappa shape index (κ3) is 3.80. The molecule has 0 radical (unpaired) electrons. The number of aromatic nitrogens is 1. The molecule has 1 aromatic heterocycles. The first kappa shape index (κ1) is 15.3. The second-order valence-electron chi connectivity index (χ2n) is 5.35. The predicted molar refractivity (Wildman–Crippen MR) is 80.3 cm³/mol. The lowest BCUT2D eigenvalue weighted by molar-refractivity contribution is -0.136. The number of halogens is 3. The van der Waals surface area contributed by atoms with Crippen molar-refractivity contribution in [1.29, 1.82) is 0 Å². The first-order chi connectivity index (χ1) is 10.9. The summed E-state index contributed by atoms with van der Waals surface area (Å²) in [6, 6.07) is 8.47. The maximum atomic E-state index is 12.9. The molecule has 0 spiro atoms.